The molecule has 1 aliphatic rings. The van der Waals surface area contributed by atoms with Crippen LogP contribution in [0.1, 0.15) is 19.3 Å². The highest BCUT2D eigenvalue weighted by Gasteiger charge is 2.41. The molecule has 1 fully saturated rings. The Morgan fingerprint density at radius 3 is 3.00 bits per heavy atom. The van der Waals surface area contributed by atoms with Crippen molar-refractivity contribution in [2.45, 2.75) is 19.3 Å². The summed E-state index contributed by atoms with van der Waals surface area (Å²) in [4.78, 5) is 8.56. The minimum Gasteiger partial charge on any atom is -0.385 e. The molecule has 6 nitrogen and oxygen atoms in total. The summed E-state index contributed by atoms with van der Waals surface area (Å²) in [5, 5.41) is 8.65. The van der Waals surface area contributed by atoms with Gasteiger partial charge in [-0.25, -0.2) is 9.97 Å². The number of nitrogens with one attached hydrogen (secondary N) is 1. The van der Waals surface area contributed by atoms with Crippen molar-refractivity contribution in [2.24, 2.45) is 12.5 Å². The number of methoxy groups -OCH3 is 1. The molecule has 19 heavy (non-hydrogen) atoms. The third-order valence-corrected chi connectivity index (χ3v) is 3.95. The summed E-state index contributed by atoms with van der Waals surface area (Å²) in [7, 11) is 3.65. The molecular formula is C13H19N5O. The van der Waals surface area contributed by atoms with E-state index in [2.05, 4.69) is 20.4 Å². The first-order chi connectivity index (χ1) is 9.24. The topological polar surface area (TPSA) is 64.9 Å². The summed E-state index contributed by atoms with van der Waals surface area (Å²) in [5.74, 6) is 0.877. The quantitative estimate of drug-likeness (QED) is 0.855. The maximum atomic E-state index is 5.18. The summed E-state index contributed by atoms with van der Waals surface area (Å²) < 4.78 is 6.94. The molecular weight excluding hydrogens is 242 g/mol. The third-order valence-electron chi connectivity index (χ3n) is 3.95. The number of rotatable bonds is 6. The smallest absolute Gasteiger partial charge is 0.163 e. The summed E-state index contributed by atoms with van der Waals surface area (Å²) >= 11 is 0. The highest BCUT2D eigenvalue weighted by atomic mass is 16.5. The van der Waals surface area contributed by atoms with Crippen molar-refractivity contribution in [3.05, 3.63) is 12.5 Å². The largest absolute Gasteiger partial charge is 0.385 e. The molecule has 6 heteroatoms. The van der Waals surface area contributed by atoms with Gasteiger partial charge >= 0.3 is 0 Å². The molecule has 0 radical (unpaired) electrons. The van der Waals surface area contributed by atoms with Gasteiger partial charge in [0.1, 0.15) is 12.1 Å². The molecule has 1 N–H and O–H groups in total. The first-order valence-electron chi connectivity index (χ1n) is 6.60. The van der Waals surface area contributed by atoms with E-state index in [9.17, 15) is 0 Å². The second-order valence-corrected chi connectivity index (χ2v) is 5.32. The molecule has 0 saturated heterocycles. The van der Waals surface area contributed by atoms with Crippen molar-refractivity contribution < 1.29 is 4.74 Å². The van der Waals surface area contributed by atoms with Crippen LogP contribution in [0.5, 0.6) is 0 Å². The molecule has 0 bridgehead atoms. The number of nitrogens with zero attached hydrogens (tertiary/aromatic N) is 4. The maximum Gasteiger partial charge on any atom is 0.163 e. The standard InChI is InChI=1S/C13H19N5O/c1-18-12-10(7-17-18)11(15-9-16-12)14-8-13(3-4-13)5-6-19-2/h7,9H,3-6,8H2,1-2H3,(H,14,15,16). The molecule has 102 valence electrons. The lowest BCUT2D eigenvalue weighted by atomic mass is 10.0. The van der Waals surface area contributed by atoms with Gasteiger partial charge in [0.2, 0.25) is 0 Å². The number of hydrogen-bond acceptors (Lipinski definition) is 5. The molecule has 0 unspecified atom stereocenters. The average Bonchev–Trinajstić information content (AvgIpc) is 3.11. The Balaban J connectivity index is 1.72. The Kier molecular flexibility index (Phi) is 3.10. The second-order valence-electron chi connectivity index (χ2n) is 5.32. The van der Waals surface area contributed by atoms with Crippen LogP contribution in [0.15, 0.2) is 12.5 Å². The van der Waals surface area contributed by atoms with Gasteiger partial charge in [-0.1, -0.05) is 0 Å². The zero-order valence-corrected chi connectivity index (χ0v) is 11.4. The van der Waals surface area contributed by atoms with Crippen LogP contribution in [-0.2, 0) is 11.8 Å². The summed E-state index contributed by atoms with van der Waals surface area (Å²) in [5.41, 5.74) is 1.26. The van der Waals surface area contributed by atoms with Crippen LogP contribution in [0.2, 0.25) is 0 Å². The zero-order valence-electron chi connectivity index (χ0n) is 11.4. The summed E-state index contributed by atoms with van der Waals surface area (Å²) in [6, 6.07) is 0. The monoisotopic (exact) mass is 261 g/mol. The van der Waals surface area contributed by atoms with E-state index >= 15 is 0 Å². The molecule has 3 rings (SSSR count). The number of aromatic nitrogens is 4. The van der Waals surface area contributed by atoms with Gasteiger partial charge in [0.15, 0.2) is 5.65 Å². The van der Waals surface area contributed by atoms with Crippen LogP contribution in [-0.4, -0.2) is 40.0 Å². The van der Waals surface area contributed by atoms with Crippen LogP contribution in [0.25, 0.3) is 11.0 Å². The van der Waals surface area contributed by atoms with Crippen molar-refractivity contribution in [2.75, 3.05) is 25.6 Å². The second kappa shape index (κ2) is 4.77. The normalized spacial score (nSPS) is 16.7. The van der Waals surface area contributed by atoms with E-state index in [1.54, 1.807) is 18.1 Å². The highest BCUT2D eigenvalue weighted by Crippen LogP contribution is 2.48. The molecule has 0 aromatic carbocycles. The number of anilines is 1. The fourth-order valence-corrected chi connectivity index (χ4v) is 2.38. The van der Waals surface area contributed by atoms with Crippen LogP contribution in [0.4, 0.5) is 5.82 Å². The van der Waals surface area contributed by atoms with Gasteiger partial charge in [-0.05, 0) is 24.7 Å². The number of aryl methyl sites for hydroxylation is 1. The summed E-state index contributed by atoms with van der Waals surface area (Å²) in [6.45, 7) is 1.77. The van der Waals surface area contributed by atoms with E-state index < -0.39 is 0 Å². The van der Waals surface area contributed by atoms with Gasteiger partial charge in [-0.15, -0.1) is 0 Å². The van der Waals surface area contributed by atoms with E-state index in [0.29, 0.717) is 5.41 Å². The van der Waals surface area contributed by atoms with E-state index in [1.807, 2.05) is 13.2 Å². The molecule has 1 aliphatic carbocycles. The van der Waals surface area contributed by atoms with Gasteiger partial charge < -0.3 is 10.1 Å². The predicted octanol–water partition coefficient (Wildman–Crippen LogP) is 1.59. The van der Waals surface area contributed by atoms with E-state index in [4.69, 9.17) is 4.74 Å². The molecule has 0 aliphatic heterocycles. The number of hydrogen-bond donors (Lipinski definition) is 1. The summed E-state index contributed by atoms with van der Waals surface area (Å²) in [6.07, 6.45) is 7.04. The van der Waals surface area contributed by atoms with Gasteiger partial charge in [-0.2, -0.15) is 5.10 Å². The van der Waals surface area contributed by atoms with Crippen LogP contribution in [0.3, 0.4) is 0 Å². The Morgan fingerprint density at radius 2 is 2.26 bits per heavy atom. The Hall–Kier alpha value is -1.69. The number of ether oxygens (including phenoxy) is 1. The van der Waals surface area contributed by atoms with Crippen molar-refractivity contribution in [3.63, 3.8) is 0 Å². The SMILES string of the molecule is COCCC1(CNc2ncnc3c2cnn3C)CC1. The first-order valence-corrected chi connectivity index (χ1v) is 6.60. The third kappa shape index (κ3) is 2.40. The van der Waals surface area contributed by atoms with E-state index in [0.717, 1.165) is 36.4 Å². The highest BCUT2D eigenvalue weighted by molar-refractivity contribution is 5.85. The minimum atomic E-state index is 0.398. The van der Waals surface area contributed by atoms with E-state index in [1.165, 1.54) is 12.8 Å². The Labute approximate surface area is 112 Å². The fraction of sp³-hybridized carbons (Fsp3) is 0.615. The first kappa shape index (κ1) is 12.3. The van der Waals surface area contributed by atoms with Crippen LogP contribution in [0, 0.1) is 5.41 Å². The van der Waals surface area contributed by atoms with Crippen molar-refractivity contribution in [1.29, 1.82) is 0 Å². The van der Waals surface area contributed by atoms with Gasteiger partial charge in [-0.3, -0.25) is 4.68 Å². The lowest BCUT2D eigenvalue weighted by Crippen LogP contribution is -2.18. The van der Waals surface area contributed by atoms with Gasteiger partial charge in [0, 0.05) is 27.3 Å². The lowest BCUT2D eigenvalue weighted by molar-refractivity contribution is 0.175. The Morgan fingerprint density at radius 1 is 1.42 bits per heavy atom. The van der Waals surface area contributed by atoms with Gasteiger partial charge in [0.05, 0.1) is 11.6 Å². The van der Waals surface area contributed by atoms with Crippen molar-refractivity contribution >= 4 is 16.9 Å². The number of fused-ring (bicyclic) bond motifs is 1. The molecule has 1 saturated carbocycles. The zero-order chi connectivity index (χ0) is 13.3. The molecule has 0 spiro atoms. The predicted molar refractivity (Wildman–Crippen MR) is 73.0 cm³/mol. The minimum absolute atomic E-state index is 0.398. The van der Waals surface area contributed by atoms with Crippen molar-refractivity contribution in [1.82, 2.24) is 19.7 Å². The molecule has 2 heterocycles. The molecule has 0 atom stereocenters. The van der Waals surface area contributed by atoms with Crippen molar-refractivity contribution in [3.8, 4) is 0 Å². The molecule has 2 aromatic rings. The lowest BCUT2D eigenvalue weighted by Gasteiger charge is -2.16. The van der Waals surface area contributed by atoms with Crippen LogP contribution < -0.4 is 5.32 Å². The van der Waals surface area contributed by atoms with E-state index in [-0.39, 0.29) is 0 Å². The van der Waals surface area contributed by atoms with Gasteiger partial charge in [0.25, 0.3) is 0 Å². The molecule has 2 aromatic heterocycles. The fourth-order valence-electron chi connectivity index (χ4n) is 2.38. The average molecular weight is 261 g/mol. The Bertz CT molecular complexity index is 575. The molecule has 0 amide bonds. The maximum absolute atomic E-state index is 5.18. The van der Waals surface area contributed by atoms with Crippen LogP contribution >= 0.6 is 0 Å².